The van der Waals surface area contributed by atoms with E-state index in [0.29, 0.717) is 66.0 Å². The molecule has 13 nitrogen and oxygen atoms in total. The second-order valence-electron chi connectivity index (χ2n) is 8.11. The number of ether oxygens (including phenoxy) is 3. The van der Waals surface area contributed by atoms with Gasteiger partial charge in [0.2, 0.25) is 23.6 Å². The van der Waals surface area contributed by atoms with Gasteiger partial charge in [0, 0.05) is 42.6 Å². The Labute approximate surface area is 207 Å². The molecule has 4 rings (SSSR count). The van der Waals surface area contributed by atoms with Crippen molar-refractivity contribution in [1.82, 2.24) is 19.9 Å². The number of anilines is 3. The molecule has 3 heterocycles. The maximum absolute atomic E-state index is 12.3. The summed E-state index contributed by atoms with van der Waals surface area (Å²) in [7, 11) is 3.01. The molecule has 1 saturated heterocycles. The lowest BCUT2D eigenvalue weighted by Crippen LogP contribution is -2.36. The molecular weight excluding hydrogens is 468 g/mol. The van der Waals surface area contributed by atoms with Crippen LogP contribution in [0.15, 0.2) is 24.5 Å². The van der Waals surface area contributed by atoms with E-state index in [9.17, 15) is 9.59 Å². The number of fused-ring (bicyclic) bond motifs is 1. The third kappa shape index (κ3) is 5.51. The first-order valence-corrected chi connectivity index (χ1v) is 11.3. The van der Waals surface area contributed by atoms with Gasteiger partial charge in [-0.1, -0.05) is 0 Å². The topological polar surface area (TPSA) is 181 Å². The number of morpholine rings is 1. The minimum Gasteiger partial charge on any atom is -0.496 e. The minimum absolute atomic E-state index is 0.00678. The maximum Gasteiger partial charge on any atom is 0.233 e. The molecule has 0 bridgehead atoms. The normalized spacial score (nSPS) is 14.3. The standard InChI is InChI=1S/C23H28N8O5/c1-34-17-10-16-15(9-14(17)13(21(25)33)3-4-18(24)32)22(27-12-26-16)30-23-28-19(11-20(29-23)35-2)31-5-7-36-8-6-31/h9-13H,3-8H2,1-2H3,(H2,24,32)(H2,25,33)(H,26,27,28,29,30). The molecule has 0 radical (unpaired) electrons. The first-order chi connectivity index (χ1) is 17.4. The number of benzene rings is 1. The SMILES string of the molecule is COc1cc(N2CCOCC2)nc(Nc2ncnc3cc(OC)c(C(CCC(N)=O)C(N)=O)cc23)n1. The summed E-state index contributed by atoms with van der Waals surface area (Å²) < 4.78 is 16.3. The average Bonchev–Trinajstić information content (AvgIpc) is 2.88. The van der Waals surface area contributed by atoms with Gasteiger partial charge < -0.3 is 35.9 Å². The van der Waals surface area contributed by atoms with Crippen LogP contribution < -0.4 is 31.2 Å². The van der Waals surface area contributed by atoms with Gasteiger partial charge in [-0.3, -0.25) is 9.59 Å². The predicted octanol–water partition coefficient (Wildman–Crippen LogP) is 0.852. The Hall–Kier alpha value is -4.26. The number of rotatable bonds is 10. The molecule has 3 aromatic rings. The number of nitrogens with zero attached hydrogens (tertiary/aromatic N) is 5. The number of hydrogen-bond donors (Lipinski definition) is 3. The predicted molar refractivity (Wildman–Crippen MR) is 131 cm³/mol. The van der Waals surface area contributed by atoms with Crippen LogP contribution in [0.3, 0.4) is 0 Å². The van der Waals surface area contributed by atoms with Gasteiger partial charge >= 0.3 is 0 Å². The Morgan fingerprint density at radius 3 is 2.56 bits per heavy atom. The quantitative estimate of drug-likeness (QED) is 0.362. The summed E-state index contributed by atoms with van der Waals surface area (Å²) >= 11 is 0. The third-order valence-electron chi connectivity index (χ3n) is 5.85. The number of amides is 2. The fourth-order valence-electron chi connectivity index (χ4n) is 4.02. The number of methoxy groups -OCH3 is 2. The van der Waals surface area contributed by atoms with Gasteiger partial charge in [0.1, 0.15) is 23.7 Å². The van der Waals surface area contributed by atoms with Gasteiger partial charge in [0.15, 0.2) is 0 Å². The highest BCUT2D eigenvalue weighted by Gasteiger charge is 2.24. The van der Waals surface area contributed by atoms with Crippen LogP contribution in [0.25, 0.3) is 10.9 Å². The molecule has 1 fully saturated rings. The second kappa shape index (κ2) is 11.0. The monoisotopic (exact) mass is 496 g/mol. The van der Waals surface area contributed by atoms with Crippen LogP contribution in [0.5, 0.6) is 11.6 Å². The van der Waals surface area contributed by atoms with Crippen molar-refractivity contribution in [2.24, 2.45) is 11.5 Å². The van der Waals surface area contributed by atoms with Crippen LogP contribution in [-0.4, -0.2) is 72.3 Å². The van der Waals surface area contributed by atoms with Crippen LogP contribution in [0, 0.1) is 0 Å². The van der Waals surface area contributed by atoms with E-state index in [1.165, 1.54) is 20.5 Å². The van der Waals surface area contributed by atoms with E-state index in [4.69, 9.17) is 25.7 Å². The van der Waals surface area contributed by atoms with Crippen LogP contribution in [-0.2, 0) is 14.3 Å². The number of carbonyl (C=O) groups is 2. The van der Waals surface area contributed by atoms with E-state index < -0.39 is 17.7 Å². The molecule has 2 aromatic heterocycles. The number of primary amides is 2. The van der Waals surface area contributed by atoms with Crippen molar-refractivity contribution >= 4 is 40.3 Å². The largest absolute Gasteiger partial charge is 0.496 e. The fraction of sp³-hybridized carbons (Fsp3) is 0.391. The van der Waals surface area contributed by atoms with Crippen LogP contribution in [0.1, 0.15) is 24.3 Å². The molecule has 13 heteroatoms. The highest BCUT2D eigenvalue weighted by molar-refractivity contribution is 5.94. The van der Waals surface area contributed by atoms with Gasteiger partial charge in [-0.15, -0.1) is 0 Å². The molecule has 2 amide bonds. The summed E-state index contributed by atoms with van der Waals surface area (Å²) in [6, 6.07) is 5.16. The Morgan fingerprint density at radius 1 is 1.11 bits per heavy atom. The van der Waals surface area contributed by atoms with E-state index in [0.717, 1.165) is 0 Å². The maximum atomic E-state index is 12.3. The molecule has 190 valence electrons. The molecule has 0 saturated carbocycles. The van der Waals surface area contributed by atoms with Crippen molar-refractivity contribution in [2.45, 2.75) is 18.8 Å². The van der Waals surface area contributed by atoms with Gasteiger partial charge in [0.05, 0.1) is 38.9 Å². The summed E-state index contributed by atoms with van der Waals surface area (Å²) in [4.78, 5) is 43.4. The summed E-state index contributed by atoms with van der Waals surface area (Å²) in [6.45, 7) is 2.60. The Kier molecular flexibility index (Phi) is 7.59. The molecule has 1 aromatic carbocycles. The Balaban J connectivity index is 1.75. The van der Waals surface area contributed by atoms with Gasteiger partial charge in [-0.25, -0.2) is 9.97 Å². The second-order valence-corrected chi connectivity index (χ2v) is 8.11. The average molecular weight is 497 g/mol. The first kappa shape index (κ1) is 24.9. The fourth-order valence-corrected chi connectivity index (χ4v) is 4.02. The Bertz CT molecular complexity index is 1260. The molecule has 1 atom stereocenters. The number of nitrogens with one attached hydrogen (secondary N) is 1. The van der Waals surface area contributed by atoms with Crippen molar-refractivity contribution in [3.63, 3.8) is 0 Å². The summed E-state index contributed by atoms with van der Waals surface area (Å²) in [5.74, 6) is 0.225. The molecular formula is C23H28N8O5. The van der Waals surface area contributed by atoms with E-state index in [1.54, 1.807) is 18.2 Å². The molecule has 5 N–H and O–H groups in total. The zero-order valence-electron chi connectivity index (χ0n) is 20.1. The van der Waals surface area contributed by atoms with Gasteiger partial charge in [-0.2, -0.15) is 9.97 Å². The van der Waals surface area contributed by atoms with Crippen molar-refractivity contribution < 1.29 is 23.8 Å². The van der Waals surface area contributed by atoms with E-state index >= 15 is 0 Å². The van der Waals surface area contributed by atoms with Crippen LogP contribution in [0.4, 0.5) is 17.6 Å². The van der Waals surface area contributed by atoms with E-state index in [2.05, 4.69) is 30.2 Å². The van der Waals surface area contributed by atoms with Gasteiger partial charge in [0.25, 0.3) is 0 Å². The molecule has 1 aliphatic heterocycles. The highest BCUT2D eigenvalue weighted by Crippen LogP contribution is 2.35. The van der Waals surface area contributed by atoms with Crippen molar-refractivity contribution in [3.05, 3.63) is 30.1 Å². The lowest BCUT2D eigenvalue weighted by atomic mass is 9.91. The number of hydrogen-bond acceptors (Lipinski definition) is 11. The van der Waals surface area contributed by atoms with E-state index in [-0.39, 0.29) is 18.8 Å². The number of nitrogens with two attached hydrogens (primary N) is 2. The van der Waals surface area contributed by atoms with Gasteiger partial charge in [-0.05, 0) is 12.5 Å². The summed E-state index contributed by atoms with van der Waals surface area (Å²) in [5.41, 5.74) is 12.0. The third-order valence-corrected chi connectivity index (χ3v) is 5.85. The number of aromatic nitrogens is 4. The first-order valence-electron chi connectivity index (χ1n) is 11.3. The molecule has 0 spiro atoms. The number of carbonyl (C=O) groups excluding carboxylic acids is 2. The zero-order chi connectivity index (χ0) is 25.7. The lowest BCUT2D eigenvalue weighted by Gasteiger charge is -2.28. The van der Waals surface area contributed by atoms with Crippen molar-refractivity contribution in [1.29, 1.82) is 0 Å². The molecule has 1 aliphatic rings. The van der Waals surface area contributed by atoms with Crippen LogP contribution >= 0.6 is 0 Å². The van der Waals surface area contributed by atoms with E-state index in [1.807, 2.05) is 0 Å². The Morgan fingerprint density at radius 2 is 1.89 bits per heavy atom. The molecule has 0 aliphatic carbocycles. The van der Waals surface area contributed by atoms with Crippen molar-refractivity contribution in [2.75, 3.05) is 50.7 Å². The molecule has 1 unspecified atom stereocenters. The molecule has 36 heavy (non-hydrogen) atoms. The lowest BCUT2D eigenvalue weighted by molar-refractivity contribution is -0.120. The highest BCUT2D eigenvalue weighted by atomic mass is 16.5. The zero-order valence-corrected chi connectivity index (χ0v) is 20.1. The van der Waals surface area contributed by atoms with Crippen molar-refractivity contribution in [3.8, 4) is 11.6 Å². The smallest absolute Gasteiger partial charge is 0.233 e. The van der Waals surface area contributed by atoms with Crippen LogP contribution in [0.2, 0.25) is 0 Å². The summed E-state index contributed by atoms with van der Waals surface area (Å²) in [6.07, 6.45) is 1.53. The minimum atomic E-state index is -0.800. The summed E-state index contributed by atoms with van der Waals surface area (Å²) in [5, 5.41) is 3.72.